The number of benzene rings is 1. The molecule has 1 aromatic rings. The molecule has 0 spiro atoms. The Morgan fingerprint density at radius 1 is 1.29 bits per heavy atom. The second-order valence-corrected chi connectivity index (χ2v) is 7.18. The second kappa shape index (κ2) is 4.78. The van der Waals surface area contributed by atoms with E-state index in [0.717, 1.165) is 5.56 Å². The molecule has 1 aliphatic rings. The Kier molecular flexibility index (Phi) is 3.54. The van der Waals surface area contributed by atoms with Crippen molar-refractivity contribution in [3.8, 4) is 0 Å². The molecule has 2 rings (SSSR count). The first kappa shape index (κ1) is 12.6. The van der Waals surface area contributed by atoms with Crippen molar-refractivity contribution in [3.05, 3.63) is 35.4 Å². The highest BCUT2D eigenvalue weighted by Crippen LogP contribution is 2.36. The summed E-state index contributed by atoms with van der Waals surface area (Å²) < 4.78 is 22.3. The molecule has 2 N–H and O–H groups in total. The zero-order valence-electron chi connectivity index (χ0n) is 10.1. The lowest BCUT2D eigenvalue weighted by molar-refractivity contribution is 0.419. The van der Waals surface area contributed by atoms with Crippen molar-refractivity contribution in [2.24, 2.45) is 5.73 Å². The molecule has 1 atom stereocenters. The molecular formula is C13H19NO2S. The van der Waals surface area contributed by atoms with Gasteiger partial charge in [-0.05, 0) is 29.9 Å². The van der Waals surface area contributed by atoms with E-state index in [0.29, 0.717) is 5.92 Å². The molecule has 0 bridgehead atoms. The van der Waals surface area contributed by atoms with Gasteiger partial charge in [0.15, 0.2) is 0 Å². The fraction of sp³-hybridized carbons (Fsp3) is 0.538. The van der Waals surface area contributed by atoms with Crippen LogP contribution in [-0.2, 0) is 9.84 Å². The third-order valence-corrected chi connectivity index (χ3v) is 4.39. The molecule has 0 aromatic heterocycles. The maximum Gasteiger partial charge on any atom is 0.149 e. The van der Waals surface area contributed by atoms with Crippen LogP contribution in [0.1, 0.15) is 42.3 Å². The van der Waals surface area contributed by atoms with Crippen molar-refractivity contribution in [1.29, 1.82) is 0 Å². The van der Waals surface area contributed by atoms with Crippen LogP contribution in [0.15, 0.2) is 24.3 Å². The summed E-state index contributed by atoms with van der Waals surface area (Å²) in [6, 6.07) is 7.68. The molecular weight excluding hydrogens is 234 g/mol. The number of hydrogen-bond acceptors (Lipinski definition) is 3. The Hall–Kier alpha value is -0.870. The van der Waals surface area contributed by atoms with Gasteiger partial charge in [-0.3, -0.25) is 0 Å². The minimum atomic E-state index is -3.02. The predicted molar refractivity (Wildman–Crippen MR) is 69.7 cm³/mol. The van der Waals surface area contributed by atoms with Crippen molar-refractivity contribution in [2.45, 2.75) is 31.2 Å². The molecule has 1 saturated carbocycles. The van der Waals surface area contributed by atoms with Crippen LogP contribution in [0.4, 0.5) is 0 Å². The highest BCUT2D eigenvalue weighted by atomic mass is 32.2. The quantitative estimate of drug-likeness (QED) is 0.892. The maximum atomic E-state index is 11.2. The van der Waals surface area contributed by atoms with E-state index in [1.54, 1.807) is 0 Å². The van der Waals surface area contributed by atoms with E-state index in [1.165, 1.54) is 31.1 Å². The molecule has 1 aromatic carbocycles. The van der Waals surface area contributed by atoms with Gasteiger partial charge in [-0.1, -0.05) is 30.7 Å². The number of hydrogen-bond donors (Lipinski definition) is 1. The van der Waals surface area contributed by atoms with E-state index in [1.807, 2.05) is 12.1 Å². The summed E-state index contributed by atoms with van der Waals surface area (Å²) in [5.41, 5.74) is 8.13. The molecule has 0 aliphatic heterocycles. The third kappa shape index (κ3) is 3.30. The molecule has 1 aliphatic carbocycles. The molecule has 0 heterocycles. The van der Waals surface area contributed by atoms with Gasteiger partial charge in [0.2, 0.25) is 0 Å². The third-order valence-electron chi connectivity index (χ3n) is 3.42. The largest absolute Gasteiger partial charge is 0.323 e. The second-order valence-electron chi connectivity index (χ2n) is 4.99. The lowest BCUT2D eigenvalue weighted by atomic mass is 9.80. The standard InChI is InChI=1S/C13H19NO2S/c1-17(15,16)9-13(14)12-7-5-11(6-8-12)10-3-2-4-10/h5-8,10,13H,2-4,9,14H2,1H3. The van der Waals surface area contributed by atoms with Crippen LogP contribution in [0.5, 0.6) is 0 Å². The zero-order valence-corrected chi connectivity index (χ0v) is 10.9. The smallest absolute Gasteiger partial charge is 0.149 e. The minimum Gasteiger partial charge on any atom is -0.323 e. The van der Waals surface area contributed by atoms with E-state index >= 15 is 0 Å². The van der Waals surface area contributed by atoms with Crippen LogP contribution < -0.4 is 5.73 Å². The van der Waals surface area contributed by atoms with Crippen LogP contribution >= 0.6 is 0 Å². The monoisotopic (exact) mass is 253 g/mol. The van der Waals surface area contributed by atoms with Crippen LogP contribution in [0.25, 0.3) is 0 Å². The normalized spacial score (nSPS) is 18.7. The molecule has 3 nitrogen and oxygen atoms in total. The summed E-state index contributed by atoms with van der Waals surface area (Å²) in [6.07, 6.45) is 5.08. The van der Waals surface area contributed by atoms with Crippen molar-refractivity contribution >= 4 is 9.84 Å². The Labute approximate surface area is 103 Å². The maximum absolute atomic E-state index is 11.2. The van der Waals surface area contributed by atoms with E-state index in [2.05, 4.69) is 12.1 Å². The highest BCUT2D eigenvalue weighted by molar-refractivity contribution is 7.90. The molecule has 4 heteroatoms. The Bertz CT molecular complexity index is 475. The number of nitrogens with two attached hydrogens (primary N) is 1. The zero-order chi connectivity index (χ0) is 12.5. The van der Waals surface area contributed by atoms with Gasteiger partial charge in [0.1, 0.15) is 9.84 Å². The van der Waals surface area contributed by atoms with Gasteiger partial charge in [-0.15, -0.1) is 0 Å². The van der Waals surface area contributed by atoms with Crippen molar-refractivity contribution in [1.82, 2.24) is 0 Å². The van der Waals surface area contributed by atoms with Gasteiger partial charge in [0.25, 0.3) is 0 Å². The number of rotatable bonds is 4. The fourth-order valence-corrected chi connectivity index (χ4v) is 3.02. The summed E-state index contributed by atoms with van der Waals surface area (Å²) in [4.78, 5) is 0. The summed E-state index contributed by atoms with van der Waals surface area (Å²) in [5.74, 6) is 0.714. The minimum absolute atomic E-state index is 0.00970. The average Bonchev–Trinajstić information content (AvgIpc) is 2.13. The van der Waals surface area contributed by atoms with E-state index < -0.39 is 15.9 Å². The Morgan fingerprint density at radius 2 is 1.88 bits per heavy atom. The van der Waals surface area contributed by atoms with Crippen LogP contribution in [0.2, 0.25) is 0 Å². The van der Waals surface area contributed by atoms with Gasteiger partial charge in [0, 0.05) is 12.3 Å². The van der Waals surface area contributed by atoms with Gasteiger partial charge < -0.3 is 5.73 Å². The first-order valence-corrected chi connectivity index (χ1v) is 8.05. The summed E-state index contributed by atoms with van der Waals surface area (Å²) in [7, 11) is -3.02. The highest BCUT2D eigenvalue weighted by Gasteiger charge is 2.19. The molecule has 0 radical (unpaired) electrons. The predicted octanol–water partition coefficient (Wildman–Crippen LogP) is 2.00. The van der Waals surface area contributed by atoms with Gasteiger partial charge in [0.05, 0.1) is 5.75 Å². The SMILES string of the molecule is CS(=O)(=O)CC(N)c1ccc(C2CCC2)cc1. The van der Waals surface area contributed by atoms with Gasteiger partial charge in [-0.25, -0.2) is 8.42 Å². The first-order valence-electron chi connectivity index (χ1n) is 5.99. The molecule has 94 valence electrons. The topological polar surface area (TPSA) is 60.2 Å². The van der Waals surface area contributed by atoms with E-state index in [-0.39, 0.29) is 5.75 Å². The molecule has 0 saturated heterocycles. The average molecular weight is 253 g/mol. The lowest BCUT2D eigenvalue weighted by Gasteiger charge is -2.26. The van der Waals surface area contributed by atoms with Crippen LogP contribution in [0.3, 0.4) is 0 Å². The number of sulfone groups is 1. The summed E-state index contributed by atoms with van der Waals surface area (Å²) in [5, 5.41) is 0. The lowest BCUT2D eigenvalue weighted by Crippen LogP contribution is -2.20. The fourth-order valence-electron chi connectivity index (χ4n) is 2.18. The molecule has 0 amide bonds. The Balaban J connectivity index is 2.06. The first-order chi connectivity index (χ1) is 7.96. The van der Waals surface area contributed by atoms with Crippen molar-refractivity contribution in [3.63, 3.8) is 0 Å². The van der Waals surface area contributed by atoms with Gasteiger partial charge in [-0.2, -0.15) is 0 Å². The molecule has 1 unspecified atom stereocenters. The van der Waals surface area contributed by atoms with E-state index in [4.69, 9.17) is 5.73 Å². The molecule has 1 fully saturated rings. The Morgan fingerprint density at radius 3 is 2.29 bits per heavy atom. The van der Waals surface area contributed by atoms with Gasteiger partial charge >= 0.3 is 0 Å². The van der Waals surface area contributed by atoms with Crippen molar-refractivity contribution < 1.29 is 8.42 Å². The summed E-state index contributed by atoms with van der Waals surface area (Å²) >= 11 is 0. The molecule has 17 heavy (non-hydrogen) atoms. The van der Waals surface area contributed by atoms with Crippen LogP contribution in [0, 0.1) is 0 Å². The van der Waals surface area contributed by atoms with Crippen molar-refractivity contribution in [2.75, 3.05) is 12.0 Å². The van der Waals surface area contributed by atoms with E-state index in [9.17, 15) is 8.42 Å². The van der Waals surface area contributed by atoms with Crippen LogP contribution in [-0.4, -0.2) is 20.4 Å². The summed E-state index contributed by atoms with van der Waals surface area (Å²) in [6.45, 7) is 0.